The summed E-state index contributed by atoms with van der Waals surface area (Å²) in [5.41, 5.74) is 0. The first kappa shape index (κ1) is 66.0. The van der Waals surface area contributed by atoms with Gasteiger partial charge in [-0.25, -0.2) is 18.3 Å². The molecule has 28 heteroatoms. The second-order valence-electron chi connectivity index (χ2n) is 14.8. The summed E-state index contributed by atoms with van der Waals surface area (Å²) in [6, 6.07) is 2.43. The predicted molar refractivity (Wildman–Crippen MR) is 263 cm³/mol. The van der Waals surface area contributed by atoms with E-state index in [0.29, 0.717) is 12.8 Å². The Kier molecular flexibility index (Phi) is 35.3. The van der Waals surface area contributed by atoms with Crippen molar-refractivity contribution < 1.29 is 122 Å². The molecule has 1 saturated carbocycles. The number of phosphoric ester groups is 4. The molecule has 0 radical (unpaired) electrons. The molecule has 0 aromatic heterocycles. The van der Waals surface area contributed by atoms with Crippen LogP contribution in [0.25, 0.3) is 0 Å². The molecular weight excluding hydrogens is 998 g/mol. The normalized spacial score (nSPS) is 20.1. The fourth-order valence-corrected chi connectivity index (χ4v) is 8.64. The highest BCUT2D eigenvalue weighted by Crippen LogP contribution is 2.53. The molecule has 5 unspecified atom stereocenters. The molecule has 0 aromatic rings. The van der Waals surface area contributed by atoms with E-state index in [1.54, 1.807) is 6.92 Å². The number of hydrogen-bond donors (Lipinski definition) is 11. The summed E-state index contributed by atoms with van der Waals surface area (Å²) >= 11 is 0. The van der Waals surface area contributed by atoms with Gasteiger partial charge in [0, 0.05) is 55.4 Å². The van der Waals surface area contributed by atoms with Crippen LogP contribution in [-0.2, 0) is 59.9 Å². The summed E-state index contributed by atoms with van der Waals surface area (Å²) in [6.07, 6.45) is -2.41. The monoisotopic (exact) mass is 1080 g/mol. The minimum atomic E-state index is -5.75. The van der Waals surface area contributed by atoms with Gasteiger partial charge < -0.3 is 59.0 Å². The van der Waals surface area contributed by atoms with Crippen LogP contribution in [0.15, 0.2) is 0 Å². The van der Waals surface area contributed by atoms with Crippen LogP contribution in [0.2, 0.25) is 0 Å². The molecule has 1 aliphatic carbocycles. The van der Waals surface area contributed by atoms with Crippen LogP contribution in [0.1, 0.15) is 136 Å². The van der Waals surface area contributed by atoms with E-state index in [4.69, 9.17) is 23.6 Å². The maximum atomic E-state index is 12.9. The largest absolute Gasteiger partial charge is 0.472 e. The molecule has 1 fully saturated rings. The summed E-state index contributed by atoms with van der Waals surface area (Å²) < 4.78 is 79.8. The highest BCUT2D eigenvalue weighted by molar-refractivity contribution is 7.47. The highest BCUT2D eigenvalue weighted by Gasteiger charge is 2.59. The van der Waals surface area contributed by atoms with Crippen molar-refractivity contribution in [2.75, 3.05) is 20.0 Å². The zero-order chi connectivity index (χ0) is 52.4. The van der Waals surface area contributed by atoms with Gasteiger partial charge in [0.1, 0.15) is 49.5 Å². The van der Waals surface area contributed by atoms with Crippen LogP contribution in [0.5, 0.6) is 0 Å². The van der Waals surface area contributed by atoms with Gasteiger partial charge in [-0.15, -0.1) is 0 Å². The quantitative estimate of drug-likeness (QED) is 0.0107. The Balaban J connectivity index is -0.000000192. The number of ether oxygens (including phenoxy) is 2. The number of aliphatic hydroxyl groups excluding tert-OH is 3. The van der Waals surface area contributed by atoms with Gasteiger partial charge in [0.15, 0.2) is 0 Å². The SMILES string of the molecule is CC#CC#CC#CC#CC#CNC(=O)CCC.CCCCCCCCCCCCCCCC(=O)O[C@H](COCO)COP(=O)(O)OC1C(O)[C@H](OP(=O)(O)O)C(OP(=O)(O)O)C(OP(=O)(O)O)[C@@H]1O.[HH].[HH].[HH].[HH].[HH].[HH].[HH].[HH].[HH]. The van der Waals surface area contributed by atoms with Crippen LogP contribution in [-0.4, -0.2) is 124 Å². The fraction of sp³-hybridized carbons (Fsp3) is 0.707. The third-order valence-corrected chi connectivity index (χ3v) is 11.5. The number of unbranched alkanes of at least 4 members (excludes halogenated alkanes) is 12. The summed E-state index contributed by atoms with van der Waals surface area (Å²) in [4.78, 5) is 89.3. The molecule has 0 saturated heterocycles. The Labute approximate surface area is 416 Å². The van der Waals surface area contributed by atoms with E-state index in [1.165, 1.54) is 44.9 Å². The van der Waals surface area contributed by atoms with E-state index in [-0.39, 0.29) is 25.2 Å². The predicted octanol–water partition coefficient (Wildman–Crippen LogP) is 5.13. The third kappa shape index (κ3) is 35.7. The van der Waals surface area contributed by atoms with Crippen molar-refractivity contribution in [3.8, 4) is 59.3 Å². The van der Waals surface area contributed by atoms with E-state index in [0.717, 1.165) is 38.5 Å². The third-order valence-electron chi connectivity index (χ3n) is 8.93. The average molecular weight is 1080 g/mol. The average Bonchev–Trinajstić information content (AvgIpc) is 3.25. The van der Waals surface area contributed by atoms with Crippen LogP contribution in [0.4, 0.5) is 0 Å². The van der Waals surface area contributed by atoms with Crippen LogP contribution in [0.3, 0.4) is 0 Å². The lowest BCUT2D eigenvalue weighted by Gasteiger charge is -2.45. The van der Waals surface area contributed by atoms with Gasteiger partial charge in [-0.3, -0.25) is 37.5 Å². The lowest BCUT2D eigenvalue weighted by Crippen LogP contribution is -2.65. The topological polar surface area (TPSA) is 381 Å². The van der Waals surface area contributed by atoms with Gasteiger partial charge in [0.05, 0.1) is 13.2 Å². The van der Waals surface area contributed by atoms with Gasteiger partial charge >= 0.3 is 37.3 Å². The molecule has 0 aromatic carbocycles. The lowest BCUT2D eigenvalue weighted by atomic mass is 9.85. The first-order chi connectivity index (χ1) is 32.4. The molecule has 69 heavy (non-hydrogen) atoms. The molecule has 8 atom stereocenters. The van der Waals surface area contributed by atoms with E-state index in [2.05, 4.69) is 85.1 Å². The molecule has 1 aliphatic rings. The molecule has 24 nitrogen and oxygen atoms in total. The number of rotatable bonds is 31. The van der Waals surface area contributed by atoms with Crippen LogP contribution >= 0.6 is 31.3 Å². The molecule has 0 spiro atoms. The summed E-state index contributed by atoms with van der Waals surface area (Å²) in [5.74, 6) is 21.7. The first-order valence-corrected chi connectivity index (χ1v) is 27.8. The zero-order valence-corrected chi connectivity index (χ0v) is 42.1. The second-order valence-corrected chi connectivity index (χ2v) is 19.8. The molecular formula is C41H83NO23P4. The lowest BCUT2D eigenvalue weighted by molar-refractivity contribution is -0.209. The fourth-order valence-electron chi connectivity index (χ4n) is 5.98. The van der Waals surface area contributed by atoms with E-state index in [1.807, 2.05) is 6.92 Å². The number of carbonyl (C=O) groups excluding carboxylic acids is 2. The summed E-state index contributed by atoms with van der Waals surface area (Å²) in [5, 5.41) is 32.8. The summed E-state index contributed by atoms with van der Waals surface area (Å²) in [6.45, 7) is 3.44. The minimum absolute atomic E-state index is 0. The van der Waals surface area contributed by atoms with Crippen molar-refractivity contribution in [2.24, 2.45) is 0 Å². The van der Waals surface area contributed by atoms with Crippen molar-refractivity contribution in [3.05, 3.63) is 0 Å². The summed E-state index contributed by atoms with van der Waals surface area (Å²) in [7, 11) is -22.8. The zero-order valence-electron chi connectivity index (χ0n) is 38.5. The van der Waals surface area contributed by atoms with Crippen molar-refractivity contribution in [1.29, 1.82) is 0 Å². The van der Waals surface area contributed by atoms with Crippen LogP contribution in [0, 0.1) is 59.3 Å². The molecule has 0 heterocycles. The van der Waals surface area contributed by atoms with E-state index < -0.39 is 100.0 Å². The Morgan fingerprint density at radius 3 is 1.43 bits per heavy atom. The minimum Gasteiger partial charge on any atom is -0.457 e. The van der Waals surface area contributed by atoms with Crippen LogP contribution < -0.4 is 5.32 Å². The number of aliphatic hydroxyl groups is 3. The van der Waals surface area contributed by atoms with Crippen molar-refractivity contribution in [3.63, 3.8) is 0 Å². The first-order valence-electron chi connectivity index (χ1n) is 21.7. The Bertz CT molecular complexity index is 2050. The van der Waals surface area contributed by atoms with Gasteiger partial charge in [0.2, 0.25) is 5.91 Å². The number of phosphoric acid groups is 4. The molecule has 410 valence electrons. The van der Waals surface area contributed by atoms with Crippen molar-refractivity contribution >= 4 is 43.2 Å². The Morgan fingerprint density at radius 2 is 1.00 bits per heavy atom. The molecule has 1 amide bonds. The number of amides is 1. The molecule has 11 N–H and O–H groups in total. The number of esters is 1. The maximum Gasteiger partial charge on any atom is 0.472 e. The van der Waals surface area contributed by atoms with Crippen molar-refractivity contribution in [1.82, 2.24) is 5.32 Å². The Hall–Kier alpha value is -2.98. The van der Waals surface area contributed by atoms with Gasteiger partial charge in [-0.2, -0.15) is 0 Å². The second kappa shape index (κ2) is 36.9. The van der Waals surface area contributed by atoms with Gasteiger partial charge in [-0.1, -0.05) is 96.8 Å². The van der Waals surface area contributed by atoms with Gasteiger partial charge in [-0.05, 0) is 43.4 Å². The Morgan fingerprint density at radius 1 is 0.565 bits per heavy atom. The standard InChI is InChI=1S/C26H54O22P4.C15H11NO.9H2/c1-2-3-4-5-6-7-8-9-10-11-12-13-14-15-20(28)44-19(16-42-18-27)17-43-52(40,41)48-23-21(29)24(45-49(31,32)33)26(47-51(37,38)39)25(22(23)30)46-50(34,35)36;1-3-5-6-7-8-9-10-11-12-14-16-15(17)13-4-2;;;;;;;;;/h19,21-27,29-30H,2-18H2,1H3,(H,40,41)(H2,31,32,33)(H2,34,35,36)(H2,37,38,39);4,13H2,1-2H3,(H,16,17);9*1H/t19-,21-,22?,23?,24?,25+,26?;;;;;;;;;;/m1........../s1. The molecule has 0 bridgehead atoms. The van der Waals surface area contributed by atoms with E-state index in [9.17, 15) is 72.3 Å². The van der Waals surface area contributed by atoms with E-state index >= 15 is 0 Å². The maximum absolute atomic E-state index is 12.9. The number of hydrogen-bond acceptors (Lipinski definition) is 16. The molecule has 1 rings (SSSR count). The highest BCUT2D eigenvalue weighted by atomic mass is 31.2. The smallest absolute Gasteiger partial charge is 0.457 e. The molecule has 0 aliphatic heterocycles. The van der Waals surface area contributed by atoms with Gasteiger partial charge in [0.25, 0.3) is 0 Å². The number of carbonyl (C=O) groups is 2. The van der Waals surface area contributed by atoms with Crippen molar-refractivity contribution in [2.45, 2.75) is 166 Å². The number of nitrogens with one attached hydrogen (secondary N) is 1.